The zero-order chi connectivity index (χ0) is 13.1. The standard InChI is InChI=1S/C14H22N2O2/c1-10(15)11-4-5-13(17-3)14(8-11)18-12-6-7-16(2)9-12/h4-5,8,10,12H,6-7,9,15H2,1-3H3. The lowest BCUT2D eigenvalue weighted by Gasteiger charge is -2.18. The van der Waals surface area contributed by atoms with Crippen molar-refractivity contribution in [2.24, 2.45) is 5.73 Å². The second kappa shape index (κ2) is 5.59. The van der Waals surface area contributed by atoms with E-state index in [1.54, 1.807) is 7.11 Å². The van der Waals surface area contributed by atoms with Gasteiger partial charge >= 0.3 is 0 Å². The quantitative estimate of drug-likeness (QED) is 0.885. The average molecular weight is 250 g/mol. The summed E-state index contributed by atoms with van der Waals surface area (Å²) in [4.78, 5) is 2.27. The predicted molar refractivity (Wildman–Crippen MR) is 72.1 cm³/mol. The normalized spacial score (nSPS) is 21.9. The molecule has 4 heteroatoms. The first kappa shape index (κ1) is 13.2. The van der Waals surface area contributed by atoms with Crippen molar-refractivity contribution in [3.63, 3.8) is 0 Å². The van der Waals surface area contributed by atoms with Gasteiger partial charge in [-0.25, -0.2) is 0 Å². The Labute approximate surface area is 109 Å². The number of rotatable bonds is 4. The molecule has 0 spiro atoms. The maximum Gasteiger partial charge on any atom is 0.161 e. The number of hydrogen-bond acceptors (Lipinski definition) is 4. The highest BCUT2D eigenvalue weighted by Crippen LogP contribution is 2.31. The van der Waals surface area contributed by atoms with Crippen LogP contribution in [0.15, 0.2) is 18.2 Å². The Hall–Kier alpha value is -1.26. The van der Waals surface area contributed by atoms with Crippen molar-refractivity contribution in [1.82, 2.24) is 4.90 Å². The first-order valence-electron chi connectivity index (χ1n) is 6.39. The minimum Gasteiger partial charge on any atom is -0.493 e. The number of hydrogen-bond donors (Lipinski definition) is 1. The summed E-state index contributed by atoms with van der Waals surface area (Å²) in [6, 6.07) is 5.90. The first-order chi connectivity index (χ1) is 8.60. The van der Waals surface area contributed by atoms with E-state index >= 15 is 0 Å². The van der Waals surface area contributed by atoms with Crippen LogP contribution in [-0.4, -0.2) is 38.3 Å². The zero-order valence-electron chi connectivity index (χ0n) is 11.3. The van der Waals surface area contributed by atoms with Crippen LogP contribution in [0.3, 0.4) is 0 Å². The second-order valence-electron chi connectivity index (χ2n) is 4.99. The Morgan fingerprint density at radius 1 is 1.39 bits per heavy atom. The molecule has 2 atom stereocenters. The van der Waals surface area contributed by atoms with Crippen molar-refractivity contribution in [1.29, 1.82) is 0 Å². The topological polar surface area (TPSA) is 47.7 Å². The molecule has 2 N–H and O–H groups in total. The molecule has 0 saturated carbocycles. The average Bonchev–Trinajstić information content (AvgIpc) is 2.74. The Morgan fingerprint density at radius 3 is 2.72 bits per heavy atom. The molecule has 0 amide bonds. The van der Waals surface area contributed by atoms with E-state index < -0.39 is 0 Å². The predicted octanol–water partition coefficient (Wildman–Crippen LogP) is 1.80. The minimum atomic E-state index is 0.00417. The number of methoxy groups -OCH3 is 1. The van der Waals surface area contributed by atoms with Crippen molar-refractivity contribution in [3.8, 4) is 11.5 Å². The van der Waals surface area contributed by atoms with Crippen molar-refractivity contribution in [3.05, 3.63) is 23.8 Å². The lowest BCUT2D eigenvalue weighted by atomic mass is 10.1. The summed E-state index contributed by atoms with van der Waals surface area (Å²) in [5.74, 6) is 1.57. The van der Waals surface area contributed by atoms with Crippen LogP contribution in [-0.2, 0) is 0 Å². The summed E-state index contributed by atoms with van der Waals surface area (Å²) < 4.78 is 11.4. The molecule has 1 aromatic rings. The van der Waals surface area contributed by atoms with Gasteiger partial charge in [0, 0.05) is 19.1 Å². The number of benzene rings is 1. The summed E-state index contributed by atoms with van der Waals surface area (Å²) >= 11 is 0. The number of likely N-dealkylation sites (N-methyl/N-ethyl adjacent to an activating group) is 1. The molecule has 2 unspecified atom stereocenters. The van der Waals surface area contributed by atoms with Gasteiger partial charge in [-0.05, 0) is 38.1 Å². The summed E-state index contributed by atoms with van der Waals surface area (Å²) in [5.41, 5.74) is 6.97. The van der Waals surface area contributed by atoms with Crippen LogP contribution in [0.2, 0.25) is 0 Å². The molecule has 1 fully saturated rings. The fourth-order valence-electron chi connectivity index (χ4n) is 2.24. The molecule has 1 saturated heterocycles. The largest absolute Gasteiger partial charge is 0.493 e. The number of ether oxygens (including phenoxy) is 2. The van der Waals surface area contributed by atoms with Crippen LogP contribution in [0, 0.1) is 0 Å². The van der Waals surface area contributed by atoms with E-state index in [1.807, 2.05) is 25.1 Å². The van der Waals surface area contributed by atoms with E-state index in [0.717, 1.165) is 36.6 Å². The molecular weight excluding hydrogens is 228 g/mol. The van der Waals surface area contributed by atoms with Crippen LogP contribution < -0.4 is 15.2 Å². The third kappa shape index (κ3) is 2.94. The highest BCUT2D eigenvalue weighted by molar-refractivity contribution is 5.43. The van der Waals surface area contributed by atoms with Gasteiger partial charge in [-0.2, -0.15) is 0 Å². The summed E-state index contributed by atoms with van der Waals surface area (Å²) in [5, 5.41) is 0. The Bertz CT molecular complexity index is 407. The molecule has 1 aromatic carbocycles. The third-order valence-electron chi connectivity index (χ3n) is 3.36. The molecule has 18 heavy (non-hydrogen) atoms. The van der Waals surface area contributed by atoms with E-state index in [2.05, 4.69) is 11.9 Å². The molecule has 1 aliphatic heterocycles. The minimum absolute atomic E-state index is 0.00417. The SMILES string of the molecule is COc1ccc(C(C)N)cc1OC1CCN(C)C1. The summed E-state index contributed by atoms with van der Waals surface area (Å²) in [6.45, 7) is 4.01. The maximum absolute atomic E-state index is 6.04. The Kier molecular flexibility index (Phi) is 4.09. The highest BCUT2D eigenvalue weighted by atomic mass is 16.5. The number of nitrogens with zero attached hydrogens (tertiary/aromatic N) is 1. The van der Waals surface area contributed by atoms with Crippen molar-refractivity contribution < 1.29 is 9.47 Å². The van der Waals surface area contributed by atoms with Crippen LogP contribution in [0.5, 0.6) is 11.5 Å². The molecule has 0 bridgehead atoms. The fraction of sp³-hybridized carbons (Fsp3) is 0.571. The van der Waals surface area contributed by atoms with Crippen molar-refractivity contribution >= 4 is 0 Å². The Balaban J connectivity index is 2.16. The van der Waals surface area contributed by atoms with Gasteiger partial charge in [-0.3, -0.25) is 0 Å². The van der Waals surface area contributed by atoms with E-state index in [9.17, 15) is 0 Å². The monoisotopic (exact) mass is 250 g/mol. The van der Waals surface area contributed by atoms with Gasteiger partial charge in [0.25, 0.3) is 0 Å². The smallest absolute Gasteiger partial charge is 0.161 e. The molecule has 100 valence electrons. The van der Waals surface area contributed by atoms with E-state index in [0.29, 0.717) is 0 Å². The molecule has 4 nitrogen and oxygen atoms in total. The summed E-state index contributed by atoms with van der Waals surface area (Å²) in [7, 11) is 3.77. The van der Waals surface area contributed by atoms with Gasteiger partial charge in [0.15, 0.2) is 11.5 Å². The molecule has 0 radical (unpaired) electrons. The lowest BCUT2D eigenvalue weighted by Crippen LogP contribution is -2.21. The van der Waals surface area contributed by atoms with Crippen molar-refractivity contribution in [2.75, 3.05) is 27.2 Å². The van der Waals surface area contributed by atoms with Gasteiger partial charge < -0.3 is 20.1 Å². The first-order valence-corrected chi connectivity index (χ1v) is 6.39. The zero-order valence-corrected chi connectivity index (χ0v) is 11.3. The van der Waals surface area contributed by atoms with Gasteiger partial charge in [-0.15, -0.1) is 0 Å². The van der Waals surface area contributed by atoms with Crippen molar-refractivity contribution in [2.45, 2.75) is 25.5 Å². The van der Waals surface area contributed by atoms with Gasteiger partial charge in [0.05, 0.1) is 7.11 Å². The lowest BCUT2D eigenvalue weighted by molar-refractivity contribution is 0.199. The number of nitrogens with two attached hydrogens (primary N) is 1. The second-order valence-corrected chi connectivity index (χ2v) is 4.99. The van der Waals surface area contributed by atoms with Crippen LogP contribution in [0.25, 0.3) is 0 Å². The molecule has 2 rings (SSSR count). The molecule has 0 aliphatic carbocycles. The van der Waals surface area contributed by atoms with E-state index in [4.69, 9.17) is 15.2 Å². The van der Waals surface area contributed by atoms with E-state index in [-0.39, 0.29) is 12.1 Å². The van der Waals surface area contributed by atoms with E-state index in [1.165, 1.54) is 0 Å². The molecule has 1 aliphatic rings. The molecular formula is C14H22N2O2. The van der Waals surface area contributed by atoms with Crippen LogP contribution >= 0.6 is 0 Å². The molecule has 1 heterocycles. The maximum atomic E-state index is 6.04. The Morgan fingerprint density at radius 2 is 2.17 bits per heavy atom. The van der Waals surface area contributed by atoms with Gasteiger partial charge in [0.2, 0.25) is 0 Å². The third-order valence-corrected chi connectivity index (χ3v) is 3.36. The molecule has 0 aromatic heterocycles. The summed E-state index contributed by atoms with van der Waals surface area (Å²) in [6.07, 6.45) is 1.30. The van der Waals surface area contributed by atoms with Crippen LogP contribution in [0.4, 0.5) is 0 Å². The number of likely N-dealkylation sites (tertiary alicyclic amines) is 1. The highest BCUT2D eigenvalue weighted by Gasteiger charge is 2.22. The van der Waals surface area contributed by atoms with Gasteiger partial charge in [-0.1, -0.05) is 6.07 Å². The van der Waals surface area contributed by atoms with Crippen LogP contribution in [0.1, 0.15) is 24.9 Å². The fourth-order valence-corrected chi connectivity index (χ4v) is 2.24. The van der Waals surface area contributed by atoms with Gasteiger partial charge in [0.1, 0.15) is 6.10 Å².